The molecule has 1 aromatic heterocycles. The number of aromatic nitrogens is 3. The van der Waals surface area contributed by atoms with Gasteiger partial charge in [0.25, 0.3) is 0 Å². The van der Waals surface area contributed by atoms with Crippen molar-refractivity contribution in [3.8, 4) is 0 Å². The van der Waals surface area contributed by atoms with Gasteiger partial charge < -0.3 is 9.47 Å². The second kappa shape index (κ2) is 9.11. The van der Waals surface area contributed by atoms with Crippen LogP contribution in [0.5, 0.6) is 0 Å². The number of hydrogen-bond acceptors (Lipinski definition) is 4. The zero-order valence-corrected chi connectivity index (χ0v) is 22.1. The topological polar surface area (TPSA) is 68.1 Å². The fourth-order valence-corrected chi connectivity index (χ4v) is 7.44. The summed E-state index contributed by atoms with van der Waals surface area (Å²) in [5.41, 5.74) is 4.00. The van der Waals surface area contributed by atoms with E-state index >= 15 is 0 Å². The predicted molar refractivity (Wildman–Crippen MR) is 139 cm³/mol. The Balaban J connectivity index is 1.27. The normalized spacial score (nSPS) is 25.8. The van der Waals surface area contributed by atoms with Crippen LogP contribution >= 0.6 is 0 Å². The molecule has 0 bridgehead atoms. The third-order valence-electron chi connectivity index (χ3n) is 9.67. The molecule has 1 spiro atoms. The first-order valence-corrected chi connectivity index (χ1v) is 14.1. The van der Waals surface area contributed by atoms with Crippen LogP contribution in [-0.2, 0) is 16.0 Å². The highest BCUT2D eigenvalue weighted by Gasteiger charge is 2.49. The first-order valence-electron chi connectivity index (χ1n) is 14.1. The van der Waals surface area contributed by atoms with Crippen LogP contribution in [0.15, 0.2) is 18.2 Å². The molecule has 2 heterocycles. The Morgan fingerprint density at radius 1 is 1.00 bits per heavy atom. The lowest BCUT2D eigenvalue weighted by Crippen LogP contribution is -2.38. The Morgan fingerprint density at radius 3 is 2.39 bits per heavy atom. The van der Waals surface area contributed by atoms with E-state index in [0.717, 1.165) is 22.8 Å². The van der Waals surface area contributed by atoms with E-state index in [1.807, 2.05) is 4.90 Å². The highest BCUT2D eigenvalue weighted by molar-refractivity contribution is 5.86. The van der Waals surface area contributed by atoms with Gasteiger partial charge in [-0.25, -0.2) is 0 Å². The number of nitrogens with zero attached hydrogens (tertiary/aromatic N) is 4. The van der Waals surface area contributed by atoms with E-state index in [-0.39, 0.29) is 23.5 Å². The van der Waals surface area contributed by atoms with Crippen LogP contribution in [0.25, 0.3) is 0 Å². The van der Waals surface area contributed by atoms with Crippen molar-refractivity contribution in [3.63, 3.8) is 0 Å². The zero-order valence-electron chi connectivity index (χ0n) is 22.1. The van der Waals surface area contributed by atoms with Gasteiger partial charge in [-0.2, -0.15) is 0 Å². The molecule has 6 rings (SSSR count). The van der Waals surface area contributed by atoms with E-state index in [0.29, 0.717) is 36.9 Å². The Hall–Kier alpha value is -2.50. The minimum Gasteiger partial charge on any atom is -0.341 e. The molecule has 192 valence electrons. The Bertz CT molecular complexity index is 1170. The van der Waals surface area contributed by atoms with Crippen molar-refractivity contribution < 1.29 is 9.59 Å². The number of carbonyl (C=O) groups excluding carboxylic acids is 2. The van der Waals surface area contributed by atoms with Crippen LogP contribution in [0.4, 0.5) is 0 Å². The van der Waals surface area contributed by atoms with Crippen molar-refractivity contribution in [3.05, 3.63) is 46.5 Å². The number of likely N-dealkylation sites (tertiary alicyclic amines) is 1. The summed E-state index contributed by atoms with van der Waals surface area (Å²) in [6, 6.07) is 6.77. The molecule has 0 unspecified atom stereocenters. The third-order valence-corrected chi connectivity index (χ3v) is 9.67. The largest absolute Gasteiger partial charge is 0.341 e. The Labute approximate surface area is 214 Å². The van der Waals surface area contributed by atoms with E-state index in [9.17, 15) is 9.59 Å². The maximum Gasteiger partial charge on any atom is 0.219 e. The van der Waals surface area contributed by atoms with Gasteiger partial charge in [0.1, 0.15) is 17.4 Å². The van der Waals surface area contributed by atoms with Crippen LogP contribution in [0.1, 0.15) is 111 Å². The van der Waals surface area contributed by atoms with E-state index in [2.05, 4.69) is 36.6 Å². The number of carbonyl (C=O) groups is 2. The molecule has 6 heteroatoms. The maximum absolute atomic E-state index is 13.7. The summed E-state index contributed by atoms with van der Waals surface area (Å²) in [5, 5.41) is 9.57. The summed E-state index contributed by atoms with van der Waals surface area (Å²) in [6.07, 6.45) is 12.1. The number of Topliss-reactive ketones (excluding diaryl/α,β-unsaturated/α-hetero) is 1. The summed E-state index contributed by atoms with van der Waals surface area (Å²) in [4.78, 5) is 27.9. The van der Waals surface area contributed by atoms with Gasteiger partial charge in [-0.1, -0.05) is 43.0 Å². The molecule has 1 amide bonds. The van der Waals surface area contributed by atoms with Crippen LogP contribution in [-0.4, -0.2) is 44.4 Å². The molecule has 36 heavy (non-hydrogen) atoms. The fourth-order valence-electron chi connectivity index (χ4n) is 7.44. The molecule has 1 aliphatic heterocycles. The number of rotatable bonds is 6. The first-order chi connectivity index (χ1) is 17.3. The molecule has 0 N–H and O–H groups in total. The minimum atomic E-state index is -0.227. The van der Waals surface area contributed by atoms with Gasteiger partial charge in [-0.3, -0.25) is 9.59 Å². The van der Waals surface area contributed by atoms with Crippen LogP contribution in [0, 0.1) is 25.2 Å². The smallest absolute Gasteiger partial charge is 0.219 e. The van der Waals surface area contributed by atoms with Crippen molar-refractivity contribution in [2.45, 2.75) is 103 Å². The quantitative estimate of drug-likeness (QED) is 0.544. The van der Waals surface area contributed by atoms with Crippen LogP contribution in [0.2, 0.25) is 0 Å². The highest BCUT2D eigenvalue weighted by Crippen LogP contribution is 2.59. The monoisotopic (exact) mass is 488 g/mol. The van der Waals surface area contributed by atoms with E-state index in [4.69, 9.17) is 10.2 Å². The summed E-state index contributed by atoms with van der Waals surface area (Å²) < 4.78 is 2.42. The molecule has 3 aliphatic carbocycles. The van der Waals surface area contributed by atoms with Gasteiger partial charge in [-0.05, 0) is 68.9 Å². The predicted octanol–water partition coefficient (Wildman–Crippen LogP) is 5.43. The Kier molecular flexibility index (Phi) is 6.04. The third kappa shape index (κ3) is 4.31. The maximum atomic E-state index is 13.7. The highest BCUT2D eigenvalue weighted by atomic mass is 16.2. The van der Waals surface area contributed by atoms with Crippen molar-refractivity contribution in [1.82, 2.24) is 19.7 Å². The van der Waals surface area contributed by atoms with Gasteiger partial charge >= 0.3 is 0 Å². The molecule has 4 fully saturated rings. The molecule has 3 saturated carbocycles. The van der Waals surface area contributed by atoms with Gasteiger partial charge in [0.2, 0.25) is 5.91 Å². The number of ketones is 1. The lowest BCUT2D eigenvalue weighted by atomic mass is 9.55. The molecule has 1 saturated heterocycles. The molecule has 2 atom stereocenters. The zero-order chi connectivity index (χ0) is 25.0. The van der Waals surface area contributed by atoms with Crippen molar-refractivity contribution in [2.75, 3.05) is 13.1 Å². The summed E-state index contributed by atoms with van der Waals surface area (Å²) in [6.45, 7) is 6.83. The van der Waals surface area contributed by atoms with Crippen molar-refractivity contribution in [1.29, 1.82) is 0 Å². The first kappa shape index (κ1) is 23.9. The summed E-state index contributed by atoms with van der Waals surface area (Å²) >= 11 is 0. The molecule has 1 aromatic carbocycles. The summed E-state index contributed by atoms with van der Waals surface area (Å²) in [5.74, 6) is 2.57. The molecule has 0 radical (unpaired) electrons. The number of amides is 1. The van der Waals surface area contributed by atoms with Gasteiger partial charge in [0.05, 0.1) is 0 Å². The lowest BCUT2D eigenvalue weighted by molar-refractivity contribution is -0.128. The van der Waals surface area contributed by atoms with Crippen LogP contribution in [0.3, 0.4) is 0 Å². The lowest BCUT2D eigenvalue weighted by Gasteiger charge is -2.50. The standard InChI is InChI=1S/C30H40N4O2/c1-19-7-8-22(20(2)13-19)14-27(36)25-17-33(21(3)35)18-26(25)29-32-31-28(34(29)24-9-10-24)23-15-30(16-23)11-5-4-6-12-30/h7-8,13,23-26H,4-6,9-12,14-18H2,1-3H3/t25-,26-/m1/s1. The molecule has 4 aliphatic rings. The minimum absolute atomic E-state index is 0.0396. The van der Waals surface area contributed by atoms with E-state index < -0.39 is 0 Å². The number of aryl methyl sites for hydroxylation is 2. The second-order valence-corrected chi connectivity index (χ2v) is 12.4. The number of hydrogen-bond donors (Lipinski definition) is 0. The van der Waals surface area contributed by atoms with E-state index in [1.54, 1.807) is 6.92 Å². The van der Waals surface area contributed by atoms with E-state index in [1.165, 1.54) is 63.4 Å². The van der Waals surface area contributed by atoms with Crippen LogP contribution < -0.4 is 0 Å². The SMILES string of the molecule is CC(=O)N1C[C@@H](C(=O)Cc2ccc(C)cc2C)[C@H](c2nnc(C3CC4(CCCCC4)C3)n2C2CC2)C1. The van der Waals surface area contributed by atoms with Gasteiger partial charge in [0.15, 0.2) is 0 Å². The fraction of sp³-hybridized carbons (Fsp3) is 0.667. The second-order valence-electron chi connectivity index (χ2n) is 12.4. The van der Waals surface area contributed by atoms with Gasteiger partial charge in [0, 0.05) is 50.2 Å². The average molecular weight is 489 g/mol. The Morgan fingerprint density at radius 2 is 1.72 bits per heavy atom. The average Bonchev–Trinajstić information content (AvgIpc) is 3.41. The summed E-state index contributed by atoms with van der Waals surface area (Å²) in [7, 11) is 0. The van der Waals surface area contributed by atoms with Crippen molar-refractivity contribution in [2.24, 2.45) is 11.3 Å². The number of benzene rings is 1. The molecule has 2 aromatic rings. The molecular weight excluding hydrogens is 448 g/mol. The van der Waals surface area contributed by atoms with Crippen molar-refractivity contribution >= 4 is 11.7 Å². The molecular formula is C30H40N4O2. The van der Waals surface area contributed by atoms with Gasteiger partial charge in [-0.15, -0.1) is 10.2 Å². The molecule has 6 nitrogen and oxygen atoms in total.